The molecule has 1 aliphatic carbocycles. The lowest BCUT2D eigenvalue weighted by atomic mass is 10.2. The molecular weight excluding hydrogens is 280 g/mol. The van der Waals surface area contributed by atoms with Crippen LogP contribution < -0.4 is 10.6 Å². The van der Waals surface area contributed by atoms with Crippen molar-refractivity contribution in [3.05, 3.63) is 0 Å². The van der Waals surface area contributed by atoms with E-state index >= 15 is 0 Å². The van der Waals surface area contributed by atoms with Gasteiger partial charge in [0.15, 0.2) is 5.96 Å². The van der Waals surface area contributed by atoms with E-state index in [-0.39, 0.29) is 0 Å². The Hall–Kier alpha value is -0.420. The highest BCUT2D eigenvalue weighted by molar-refractivity contribution is 7.99. The molecular formula is C16H34N4S. The van der Waals surface area contributed by atoms with Crippen LogP contribution >= 0.6 is 11.8 Å². The summed E-state index contributed by atoms with van der Waals surface area (Å²) in [6.07, 6.45) is 8.55. The molecule has 2 atom stereocenters. The summed E-state index contributed by atoms with van der Waals surface area (Å²) >= 11 is 2.00. The third-order valence-electron chi connectivity index (χ3n) is 4.37. The molecule has 0 amide bonds. The number of nitrogens with zero attached hydrogens (tertiary/aromatic N) is 2. The molecule has 124 valence electrons. The number of hydrogen-bond acceptors (Lipinski definition) is 3. The number of rotatable bonds is 9. The third-order valence-corrected chi connectivity index (χ3v) is 5.47. The monoisotopic (exact) mass is 314 g/mol. The van der Waals surface area contributed by atoms with Gasteiger partial charge in [0.2, 0.25) is 0 Å². The van der Waals surface area contributed by atoms with Gasteiger partial charge < -0.3 is 15.5 Å². The first-order valence-electron chi connectivity index (χ1n) is 8.45. The molecule has 0 aromatic heterocycles. The highest BCUT2D eigenvalue weighted by Gasteiger charge is 2.24. The second-order valence-electron chi connectivity index (χ2n) is 5.75. The van der Waals surface area contributed by atoms with Gasteiger partial charge in [-0.25, -0.2) is 0 Å². The van der Waals surface area contributed by atoms with Gasteiger partial charge in [-0.3, -0.25) is 4.99 Å². The quantitative estimate of drug-likeness (QED) is 0.390. The topological polar surface area (TPSA) is 39.7 Å². The van der Waals surface area contributed by atoms with Gasteiger partial charge >= 0.3 is 0 Å². The van der Waals surface area contributed by atoms with Crippen LogP contribution in [0.1, 0.15) is 46.0 Å². The molecule has 2 unspecified atom stereocenters. The Morgan fingerprint density at radius 1 is 1.24 bits per heavy atom. The van der Waals surface area contributed by atoms with Crippen molar-refractivity contribution < 1.29 is 0 Å². The molecule has 1 fully saturated rings. The van der Waals surface area contributed by atoms with Crippen molar-refractivity contribution in [3.8, 4) is 0 Å². The molecule has 2 N–H and O–H groups in total. The van der Waals surface area contributed by atoms with Crippen molar-refractivity contribution in [1.29, 1.82) is 0 Å². The number of thioether (sulfide) groups is 1. The van der Waals surface area contributed by atoms with Gasteiger partial charge in [-0.05, 0) is 58.0 Å². The van der Waals surface area contributed by atoms with Crippen molar-refractivity contribution in [2.24, 2.45) is 4.99 Å². The van der Waals surface area contributed by atoms with E-state index in [1.165, 1.54) is 38.6 Å². The van der Waals surface area contributed by atoms with Crippen LogP contribution in [0.5, 0.6) is 0 Å². The number of aliphatic imine (C=N–C) groups is 1. The molecule has 0 saturated heterocycles. The van der Waals surface area contributed by atoms with Crippen LogP contribution in [0.4, 0.5) is 0 Å². The van der Waals surface area contributed by atoms with Crippen molar-refractivity contribution in [1.82, 2.24) is 15.5 Å². The summed E-state index contributed by atoms with van der Waals surface area (Å²) < 4.78 is 0. The summed E-state index contributed by atoms with van der Waals surface area (Å²) in [7, 11) is 1.87. The molecule has 1 saturated carbocycles. The summed E-state index contributed by atoms with van der Waals surface area (Å²) in [5.41, 5.74) is 0. The molecule has 0 bridgehead atoms. The minimum absolute atomic E-state index is 0.601. The Morgan fingerprint density at radius 2 is 2.00 bits per heavy atom. The predicted octanol–water partition coefficient (Wildman–Crippen LogP) is 2.56. The minimum Gasteiger partial charge on any atom is -0.356 e. The molecule has 1 aliphatic rings. The SMILES string of the molecule is CCN(CC)CCCCNC(=NC)NC1CCC(SC)C1. The van der Waals surface area contributed by atoms with E-state index in [1.807, 2.05) is 18.8 Å². The van der Waals surface area contributed by atoms with Crippen LogP contribution in [0.3, 0.4) is 0 Å². The maximum absolute atomic E-state index is 4.34. The molecule has 0 aromatic rings. The fraction of sp³-hybridized carbons (Fsp3) is 0.938. The van der Waals surface area contributed by atoms with E-state index < -0.39 is 0 Å². The number of hydrogen-bond donors (Lipinski definition) is 2. The van der Waals surface area contributed by atoms with Crippen LogP contribution in [0.15, 0.2) is 4.99 Å². The summed E-state index contributed by atoms with van der Waals surface area (Å²) in [6, 6.07) is 0.601. The Kier molecular flexibility index (Phi) is 9.92. The molecule has 5 heteroatoms. The zero-order chi connectivity index (χ0) is 15.5. The molecule has 0 radical (unpaired) electrons. The van der Waals surface area contributed by atoms with E-state index in [4.69, 9.17) is 0 Å². The standard InChI is InChI=1S/C16H34N4S/c1-5-20(6-2)12-8-7-11-18-16(17-3)19-14-9-10-15(13-14)21-4/h14-15H,5-13H2,1-4H3,(H2,17,18,19). The fourth-order valence-corrected chi connectivity index (χ4v) is 3.68. The number of guanidine groups is 1. The third kappa shape index (κ3) is 7.41. The Balaban J connectivity index is 2.12. The molecule has 0 aromatic carbocycles. The summed E-state index contributed by atoms with van der Waals surface area (Å²) in [5.74, 6) is 0.976. The zero-order valence-electron chi connectivity index (χ0n) is 14.3. The fourth-order valence-electron chi connectivity index (χ4n) is 2.88. The van der Waals surface area contributed by atoms with Crippen molar-refractivity contribution in [2.45, 2.75) is 57.2 Å². The number of unbranched alkanes of at least 4 members (excludes halogenated alkanes) is 1. The molecule has 4 nitrogen and oxygen atoms in total. The van der Waals surface area contributed by atoms with Crippen LogP contribution in [-0.4, -0.2) is 61.6 Å². The van der Waals surface area contributed by atoms with Gasteiger partial charge in [0, 0.05) is 24.9 Å². The van der Waals surface area contributed by atoms with Gasteiger partial charge in [0.1, 0.15) is 0 Å². The lowest BCUT2D eigenvalue weighted by Gasteiger charge is -2.19. The Morgan fingerprint density at radius 3 is 2.57 bits per heavy atom. The van der Waals surface area contributed by atoms with E-state index in [1.54, 1.807) is 0 Å². The molecule has 0 heterocycles. The van der Waals surface area contributed by atoms with Crippen LogP contribution in [0.25, 0.3) is 0 Å². The van der Waals surface area contributed by atoms with E-state index in [9.17, 15) is 0 Å². The Labute approximate surface area is 135 Å². The van der Waals surface area contributed by atoms with Gasteiger partial charge in [0.05, 0.1) is 0 Å². The summed E-state index contributed by atoms with van der Waals surface area (Å²) in [6.45, 7) is 9.00. The average Bonchev–Trinajstić information content (AvgIpc) is 2.97. The van der Waals surface area contributed by atoms with E-state index in [2.05, 4.69) is 40.6 Å². The van der Waals surface area contributed by atoms with E-state index in [0.717, 1.165) is 30.8 Å². The maximum Gasteiger partial charge on any atom is 0.191 e. The minimum atomic E-state index is 0.601. The zero-order valence-corrected chi connectivity index (χ0v) is 15.1. The van der Waals surface area contributed by atoms with Gasteiger partial charge in [-0.2, -0.15) is 11.8 Å². The second kappa shape index (κ2) is 11.2. The largest absolute Gasteiger partial charge is 0.356 e. The average molecular weight is 315 g/mol. The maximum atomic E-state index is 4.34. The van der Waals surface area contributed by atoms with Crippen molar-refractivity contribution in [2.75, 3.05) is 39.5 Å². The smallest absolute Gasteiger partial charge is 0.191 e. The normalized spacial score (nSPS) is 22.8. The van der Waals surface area contributed by atoms with Crippen LogP contribution in [-0.2, 0) is 0 Å². The first kappa shape index (κ1) is 18.6. The first-order chi connectivity index (χ1) is 10.2. The summed E-state index contributed by atoms with van der Waals surface area (Å²) in [4.78, 5) is 6.83. The first-order valence-corrected chi connectivity index (χ1v) is 9.74. The van der Waals surface area contributed by atoms with Crippen LogP contribution in [0.2, 0.25) is 0 Å². The number of nitrogens with one attached hydrogen (secondary N) is 2. The lowest BCUT2D eigenvalue weighted by molar-refractivity contribution is 0.297. The van der Waals surface area contributed by atoms with Gasteiger partial charge in [0.25, 0.3) is 0 Å². The van der Waals surface area contributed by atoms with Crippen LogP contribution in [0, 0.1) is 0 Å². The highest BCUT2D eigenvalue weighted by Crippen LogP contribution is 2.27. The second-order valence-corrected chi connectivity index (χ2v) is 6.88. The summed E-state index contributed by atoms with van der Waals surface area (Å²) in [5, 5.41) is 7.85. The molecule has 0 spiro atoms. The molecule has 1 rings (SSSR count). The lowest BCUT2D eigenvalue weighted by Crippen LogP contribution is -2.43. The van der Waals surface area contributed by atoms with Crippen molar-refractivity contribution in [3.63, 3.8) is 0 Å². The molecule has 0 aliphatic heterocycles. The Bertz CT molecular complexity index is 292. The molecule has 21 heavy (non-hydrogen) atoms. The van der Waals surface area contributed by atoms with Gasteiger partial charge in [-0.15, -0.1) is 0 Å². The highest BCUT2D eigenvalue weighted by atomic mass is 32.2. The van der Waals surface area contributed by atoms with E-state index in [0.29, 0.717) is 6.04 Å². The predicted molar refractivity (Wildman–Crippen MR) is 96.5 cm³/mol. The van der Waals surface area contributed by atoms with Crippen molar-refractivity contribution >= 4 is 17.7 Å². The van der Waals surface area contributed by atoms with Gasteiger partial charge in [-0.1, -0.05) is 13.8 Å².